The maximum Gasteiger partial charge on any atom is 0.177 e. The molecule has 3 heteroatoms. The number of aliphatic hydroxyl groups is 1. The van der Waals surface area contributed by atoms with E-state index < -0.39 is 0 Å². The van der Waals surface area contributed by atoms with Crippen molar-refractivity contribution >= 4 is 32.6 Å². The number of hydrogen-bond donors (Lipinski definition) is 2. The molecule has 2 heterocycles. The molecular formula is C19H19N2O+. The van der Waals surface area contributed by atoms with Gasteiger partial charge in [-0.3, -0.25) is 0 Å². The average Bonchev–Trinajstić information content (AvgIpc) is 2.93. The number of benzene rings is 2. The Morgan fingerprint density at radius 2 is 1.82 bits per heavy atom. The monoisotopic (exact) mass is 291 g/mol. The number of rotatable bonds is 2. The van der Waals surface area contributed by atoms with Crippen molar-refractivity contribution in [2.75, 3.05) is 6.61 Å². The van der Waals surface area contributed by atoms with Gasteiger partial charge in [0.25, 0.3) is 0 Å². The van der Waals surface area contributed by atoms with Crippen LogP contribution >= 0.6 is 0 Å². The standard InChI is InChI=1S/C19H18N2O/c1-12-16-11-21(9-10-22)8-7-14(16)13(2)19-18(12)15-5-3-4-6-17(15)20-19/h3-8,11,22H,9-10H2,1-2H3/p+1. The molecular weight excluding hydrogens is 272 g/mol. The fourth-order valence-corrected chi connectivity index (χ4v) is 3.50. The highest BCUT2D eigenvalue weighted by Gasteiger charge is 2.15. The molecule has 2 aromatic heterocycles. The van der Waals surface area contributed by atoms with Crippen molar-refractivity contribution in [3.8, 4) is 0 Å². The number of nitrogens with zero attached hydrogens (tertiary/aromatic N) is 1. The minimum Gasteiger partial charge on any atom is -0.390 e. The minimum atomic E-state index is 0.156. The number of nitrogens with one attached hydrogen (secondary N) is 1. The summed E-state index contributed by atoms with van der Waals surface area (Å²) in [4.78, 5) is 3.57. The van der Waals surface area contributed by atoms with Crippen LogP contribution in [0.25, 0.3) is 32.6 Å². The summed E-state index contributed by atoms with van der Waals surface area (Å²) < 4.78 is 2.05. The number of aliphatic hydroxyl groups excluding tert-OH is 1. The van der Waals surface area contributed by atoms with Crippen molar-refractivity contribution in [2.45, 2.75) is 20.4 Å². The van der Waals surface area contributed by atoms with Gasteiger partial charge in [-0.2, -0.15) is 0 Å². The number of H-pyrrole nitrogens is 1. The van der Waals surface area contributed by atoms with Crippen molar-refractivity contribution in [1.82, 2.24) is 4.98 Å². The van der Waals surface area contributed by atoms with Crippen LogP contribution in [0, 0.1) is 13.8 Å². The number of fused-ring (bicyclic) bond motifs is 4. The second-order valence-electron chi connectivity index (χ2n) is 5.90. The van der Waals surface area contributed by atoms with E-state index in [4.69, 9.17) is 5.11 Å². The first-order chi connectivity index (χ1) is 10.7. The molecule has 110 valence electrons. The number of pyridine rings is 1. The van der Waals surface area contributed by atoms with Crippen LogP contribution in [0.4, 0.5) is 0 Å². The number of aromatic amines is 1. The SMILES string of the molecule is Cc1c2cc[n+](CCO)cc2c(C)c2c1[nH]c1ccccc12. The first-order valence-electron chi connectivity index (χ1n) is 7.64. The molecule has 0 amide bonds. The van der Waals surface area contributed by atoms with Gasteiger partial charge in [-0.1, -0.05) is 18.2 Å². The van der Waals surface area contributed by atoms with E-state index >= 15 is 0 Å². The fraction of sp³-hybridized carbons (Fsp3) is 0.211. The zero-order chi connectivity index (χ0) is 15.3. The van der Waals surface area contributed by atoms with E-state index in [-0.39, 0.29) is 6.61 Å². The second kappa shape index (κ2) is 4.82. The van der Waals surface area contributed by atoms with Crippen molar-refractivity contribution in [3.63, 3.8) is 0 Å². The molecule has 0 bridgehead atoms. The van der Waals surface area contributed by atoms with E-state index in [2.05, 4.69) is 59.9 Å². The molecule has 0 unspecified atom stereocenters. The molecule has 0 saturated heterocycles. The molecule has 0 aliphatic rings. The third-order valence-corrected chi connectivity index (χ3v) is 4.64. The van der Waals surface area contributed by atoms with Gasteiger partial charge in [-0.25, -0.2) is 4.57 Å². The minimum absolute atomic E-state index is 0.156. The molecule has 0 fully saturated rings. The summed E-state index contributed by atoms with van der Waals surface area (Å²) in [5.41, 5.74) is 4.98. The van der Waals surface area contributed by atoms with Crippen molar-refractivity contribution < 1.29 is 9.67 Å². The van der Waals surface area contributed by atoms with Crippen LogP contribution in [0.1, 0.15) is 11.1 Å². The summed E-state index contributed by atoms with van der Waals surface area (Å²) >= 11 is 0. The zero-order valence-electron chi connectivity index (χ0n) is 12.9. The first kappa shape index (κ1) is 13.3. The predicted molar refractivity (Wildman–Crippen MR) is 90.1 cm³/mol. The average molecular weight is 291 g/mol. The lowest BCUT2D eigenvalue weighted by Gasteiger charge is -2.08. The zero-order valence-corrected chi connectivity index (χ0v) is 12.9. The van der Waals surface area contributed by atoms with Crippen molar-refractivity contribution in [1.29, 1.82) is 0 Å². The van der Waals surface area contributed by atoms with Crippen molar-refractivity contribution in [3.05, 3.63) is 53.9 Å². The van der Waals surface area contributed by atoms with Gasteiger partial charge in [0.2, 0.25) is 0 Å². The highest BCUT2D eigenvalue weighted by atomic mass is 16.3. The lowest BCUT2D eigenvalue weighted by Crippen LogP contribution is -2.34. The lowest BCUT2D eigenvalue weighted by atomic mass is 9.97. The highest BCUT2D eigenvalue weighted by Crippen LogP contribution is 2.35. The number of aryl methyl sites for hydroxylation is 2. The third-order valence-electron chi connectivity index (χ3n) is 4.64. The van der Waals surface area contributed by atoms with Crippen molar-refractivity contribution in [2.24, 2.45) is 0 Å². The Kier molecular flexibility index (Phi) is 2.91. The molecule has 0 spiro atoms. The summed E-state index contributed by atoms with van der Waals surface area (Å²) in [5, 5.41) is 14.3. The van der Waals surface area contributed by atoms with Crippen LogP contribution in [0.2, 0.25) is 0 Å². The molecule has 4 rings (SSSR count). The summed E-state index contributed by atoms with van der Waals surface area (Å²) in [7, 11) is 0. The molecule has 0 saturated carbocycles. The smallest absolute Gasteiger partial charge is 0.177 e. The normalized spacial score (nSPS) is 11.8. The molecule has 0 aliphatic heterocycles. The van der Waals surface area contributed by atoms with Crippen LogP contribution in [0.15, 0.2) is 42.7 Å². The summed E-state index contributed by atoms with van der Waals surface area (Å²) in [5.74, 6) is 0. The van der Waals surface area contributed by atoms with E-state index in [1.807, 2.05) is 6.20 Å². The Morgan fingerprint density at radius 1 is 1.00 bits per heavy atom. The van der Waals surface area contributed by atoms with E-state index in [0.717, 1.165) is 0 Å². The fourth-order valence-electron chi connectivity index (χ4n) is 3.50. The summed E-state index contributed by atoms with van der Waals surface area (Å²) in [6, 6.07) is 10.6. The van der Waals surface area contributed by atoms with E-state index in [0.29, 0.717) is 6.54 Å². The number of para-hydroxylation sites is 1. The Hall–Kier alpha value is -2.39. The third kappa shape index (κ3) is 1.76. The number of aromatic nitrogens is 2. The first-order valence-corrected chi connectivity index (χ1v) is 7.64. The molecule has 0 radical (unpaired) electrons. The Bertz CT molecular complexity index is 1010. The quantitative estimate of drug-likeness (QED) is 0.546. The maximum atomic E-state index is 9.17. The van der Waals surface area contributed by atoms with Gasteiger partial charge in [0.1, 0.15) is 6.61 Å². The van der Waals surface area contributed by atoms with E-state index in [1.54, 1.807) is 0 Å². The van der Waals surface area contributed by atoms with Gasteiger partial charge in [0.15, 0.2) is 18.9 Å². The van der Waals surface area contributed by atoms with Gasteiger partial charge >= 0.3 is 0 Å². The van der Waals surface area contributed by atoms with Gasteiger partial charge in [0, 0.05) is 27.7 Å². The Balaban J connectivity index is 2.19. The highest BCUT2D eigenvalue weighted by molar-refractivity contribution is 6.16. The van der Waals surface area contributed by atoms with Gasteiger partial charge in [-0.05, 0) is 36.4 Å². The second-order valence-corrected chi connectivity index (χ2v) is 5.90. The van der Waals surface area contributed by atoms with Crippen LogP contribution < -0.4 is 4.57 Å². The molecule has 0 aliphatic carbocycles. The number of hydrogen-bond acceptors (Lipinski definition) is 1. The molecule has 22 heavy (non-hydrogen) atoms. The predicted octanol–water partition coefficient (Wildman–Crippen LogP) is 3.37. The Labute approximate surface area is 128 Å². The lowest BCUT2D eigenvalue weighted by molar-refractivity contribution is -0.696. The van der Waals surface area contributed by atoms with E-state index in [1.165, 1.54) is 43.7 Å². The van der Waals surface area contributed by atoms with Gasteiger partial charge in [0.05, 0.1) is 5.52 Å². The molecule has 2 aromatic carbocycles. The van der Waals surface area contributed by atoms with Crippen LogP contribution in [0.3, 0.4) is 0 Å². The summed E-state index contributed by atoms with van der Waals surface area (Å²) in [6.45, 7) is 5.15. The van der Waals surface area contributed by atoms with Gasteiger partial charge in [-0.15, -0.1) is 0 Å². The molecule has 4 aromatic rings. The molecule has 3 nitrogen and oxygen atoms in total. The molecule has 0 atom stereocenters. The summed E-state index contributed by atoms with van der Waals surface area (Å²) in [6.07, 6.45) is 4.19. The van der Waals surface area contributed by atoms with Crippen LogP contribution in [-0.2, 0) is 6.54 Å². The van der Waals surface area contributed by atoms with Crippen LogP contribution in [-0.4, -0.2) is 16.7 Å². The maximum absolute atomic E-state index is 9.17. The Morgan fingerprint density at radius 3 is 2.64 bits per heavy atom. The molecule has 2 N–H and O–H groups in total. The largest absolute Gasteiger partial charge is 0.390 e. The van der Waals surface area contributed by atoms with Crippen LogP contribution in [0.5, 0.6) is 0 Å². The van der Waals surface area contributed by atoms with E-state index in [9.17, 15) is 0 Å². The van der Waals surface area contributed by atoms with Gasteiger partial charge < -0.3 is 10.1 Å². The topological polar surface area (TPSA) is 39.9 Å².